The second-order valence-corrected chi connectivity index (χ2v) is 4.66. The van der Waals surface area contributed by atoms with E-state index in [4.69, 9.17) is 5.73 Å². The number of halogens is 1. The first kappa shape index (κ1) is 11.4. The van der Waals surface area contributed by atoms with Crippen LogP contribution < -0.4 is 5.73 Å². The van der Waals surface area contributed by atoms with Gasteiger partial charge in [-0.05, 0) is 44.0 Å². The molecule has 1 aromatic carbocycles. The van der Waals surface area contributed by atoms with Gasteiger partial charge >= 0.3 is 0 Å². The van der Waals surface area contributed by atoms with E-state index in [2.05, 4.69) is 11.8 Å². The fraction of sp³-hybridized carbons (Fsp3) is 0.538. The van der Waals surface area contributed by atoms with Crippen LogP contribution in [0, 0.1) is 5.82 Å². The van der Waals surface area contributed by atoms with Gasteiger partial charge in [0.05, 0.1) is 0 Å². The first-order valence-electron chi connectivity index (χ1n) is 5.95. The molecular weight excluding hydrogens is 203 g/mol. The molecule has 0 bridgehead atoms. The third-order valence-corrected chi connectivity index (χ3v) is 3.42. The van der Waals surface area contributed by atoms with Crippen LogP contribution in [-0.4, -0.2) is 17.5 Å². The number of rotatable bonds is 2. The van der Waals surface area contributed by atoms with E-state index in [1.54, 1.807) is 6.07 Å². The molecule has 1 atom stereocenters. The molecule has 1 aliphatic rings. The average molecular weight is 222 g/mol. The van der Waals surface area contributed by atoms with Gasteiger partial charge in [0.2, 0.25) is 0 Å². The molecular formula is C13H19FN2. The van der Waals surface area contributed by atoms with Crippen molar-refractivity contribution in [3.8, 4) is 0 Å². The molecule has 1 saturated heterocycles. The van der Waals surface area contributed by atoms with Gasteiger partial charge in [0.1, 0.15) is 5.82 Å². The van der Waals surface area contributed by atoms with Gasteiger partial charge in [-0.25, -0.2) is 4.39 Å². The number of nitrogens with zero attached hydrogens (tertiary/aromatic N) is 1. The second-order valence-electron chi connectivity index (χ2n) is 4.66. The van der Waals surface area contributed by atoms with Crippen molar-refractivity contribution in [2.24, 2.45) is 0 Å². The number of anilines is 1. The normalized spacial score (nSPS) is 22.2. The molecule has 0 amide bonds. The van der Waals surface area contributed by atoms with Crippen LogP contribution in [0.25, 0.3) is 0 Å². The summed E-state index contributed by atoms with van der Waals surface area (Å²) in [5.74, 6) is -0.257. The molecule has 2 N–H and O–H groups in total. The summed E-state index contributed by atoms with van der Waals surface area (Å²) < 4.78 is 12.9. The SMILES string of the molecule is CC1CCCCN1Cc1ccc(F)cc1N. The van der Waals surface area contributed by atoms with Gasteiger partial charge < -0.3 is 5.73 Å². The fourth-order valence-electron chi connectivity index (χ4n) is 2.32. The topological polar surface area (TPSA) is 29.3 Å². The molecule has 0 aliphatic carbocycles. The fourth-order valence-corrected chi connectivity index (χ4v) is 2.32. The Morgan fingerprint density at radius 1 is 1.44 bits per heavy atom. The van der Waals surface area contributed by atoms with Gasteiger partial charge in [0.25, 0.3) is 0 Å². The minimum atomic E-state index is -0.257. The van der Waals surface area contributed by atoms with Crippen molar-refractivity contribution in [2.75, 3.05) is 12.3 Å². The molecule has 0 aromatic heterocycles. The summed E-state index contributed by atoms with van der Waals surface area (Å²) in [6, 6.07) is 5.30. The van der Waals surface area contributed by atoms with Crippen LogP contribution in [0.1, 0.15) is 31.7 Å². The van der Waals surface area contributed by atoms with Gasteiger partial charge in [-0.1, -0.05) is 12.5 Å². The Labute approximate surface area is 96.2 Å². The molecule has 1 heterocycles. The van der Waals surface area contributed by atoms with Gasteiger partial charge in [-0.3, -0.25) is 4.90 Å². The highest BCUT2D eigenvalue weighted by molar-refractivity contribution is 5.46. The monoisotopic (exact) mass is 222 g/mol. The number of hydrogen-bond acceptors (Lipinski definition) is 2. The molecule has 1 aromatic rings. The smallest absolute Gasteiger partial charge is 0.125 e. The van der Waals surface area contributed by atoms with Crippen molar-refractivity contribution >= 4 is 5.69 Å². The Balaban J connectivity index is 2.07. The van der Waals surface area contributed by atoms with Crippen molar-refractivity contribution in [2.45, 2.75) is 38.8 Å². The molecule has 2 rings (SSSR count). The summed E-state index contributed by atoms with van der Waals surface area (Å²) in [5, 5.41) is 0. The van der Waals surface area contributed by atoms with Crippen molar-refractivity contribution < 1.29 is 4.39 Å². The minimum absolute atomic E-state index is 0.257. The molecule has 1 fully saturated rings. The van der Waals surface area contributed by atoms with Crippen LogP contribution in [0.3, 0.4) is 0 Å². The van der Waals surface area contributed by atoms with Gasteiger partial charge in [-0.2, -0.15) is 0 Å². The largest absolute Gasteiger partial charge is 0.398 e. The zero-order chi connectivity index (χ0) is 11.5. The highest BCUT2D eigenvalue weighted by Gasteiger charge is 2.18. The maximum absolute atomic E-state index is 12.9. The second kappa shape index (κ2) is 4.83. The van der Waals surface area contributed by atoms with Crippen molar-refractivity contribution in [3.63, 3.8) is 0 Å². The third kappa shape index (κ3) is 2.53. The Kier molecular flexibility index (Phi) is 3.44. The van der Waals surface area contributed by atoms with Crippen molar-refractivity contribution in [1.82, 2.24) is 4.90 Å². The van der Waals surface area contributed by atoms with E-state index < -0.39 is 0 Å². The number of nitrogens with two attached hydrogens (primary N) is 1. The maximum atomic E-state index is 12.9. The molecule has 0 radical (unpaired) electrons. The van der Waals surface area contributed by atoms with E-state index in [0.29, 0.717) is 11.7 Å². The number of hydrogen-bond donors (Lipinski definition) is 1. The zero-order valence-electron chi connectivity index (χ0n) is 9.75. The zero-order valence-corrected chi connectivity index (χ0v) is 9.75. The lowest BCUT2D eigenvalue weighted by molar-refractivity contribution is 0.153. The first-order chi connectivity index (χ1) is 7.66. The number of benzene rings is 1. The van der Waals surface area contributed by atoms with Crippen LogP contribution >= 0.6 is 0 Å². The van der Waals surface area contributed by atoms with Gasteiger partial charge in [0, 0.05) is 18.3 Å². The summed E-state index contributed by atoms with van der Waals surface area (Å²) in [6.45, 7) is 4.21. The van der Waals surface area contributed by atoms with Crippen LogP contribution in [0.4, 0.5) is 10.1 Å². The highest BCUT2D eigenvalue weighted by atomic mass is 19.1. The summed E-state index contributed by atoms with van der Waals surface area (Å²) >= 11 is 0. The molecule has 2 nitrogen and oxygen atoms in total. The van der Waals surface area contributed by atoms with Crippen LogP contribution in [0.5, 0.6) is 0 Å². The lowest BCUT2D eigenvalue weighted by Gasteiger charge is -2.33. The molecule has 88 valence electrons. The summed E-state index contributed by atoms with van der Waals surface area (Å²) in [6.07, 6.45) is 3.82. The van der Waals surface area contributed by atoms with E-state index in [9.17, 15) is 4.39 Å². The van der Waals surface area contributed by atoms with Crippen LogP contribution in [0.15, 0.2) is 18.2 Å². The predicted octanol–water partition coefficient (Wildman–Crippen LogP) is 2.78. The van der Waals surface area contributed by atoms with Crippen LogP contribution in [0.2, 0.25) is 0 Å². The van der Waals surface area contributed by atoms with E-state index in [-0.39, 0.29) is 5.82 Å². The summed E-state index contributed by atoms with van der Waals surface area (Å²) in [4.78, 5) is 2.42. The van der Waals surface area contributed by atoms with Gasteiger partial charge in [-0.15, -0.1) is 0 Å². The first-order valence-corrected chi connectivity index (χ1v) is 5.95. The lowest BCUT2D eigenvalue weighted by Crippen LogP contribution is -2.36. The Morgan fingerprint density at radius 2 is 2.25 bits per heavy atom. The molecule has 1 unspecified atom stereocenters. The number of nitrogen functional groups attached to an aromatic ring is 1. The summed E-state index contributed by atoms with van der Waals surface area (Å²) in [5.41, 5.74) is 7.42. The van der Waals surface area contributed by atoms with Crippen LogP contribution in [-0.2, 0) is 6.54 Å². The standard InChI is InChI=1S/C13H19FN2/c1-10-4-2-3-7-16(10)9-11-5-6-12(14)8-13(11)15/h5-6,8,10H,2-4,7,9,15H2,1H3. The van der Waals surface area contributed by atoms with Crippen molar-refractivity contribution in [1.29, 1.82) is 0 Å². The third-order valence-electron chi connectivity index (χ3n) is 3.42. The van der Waals surface area contributed by atoms with E-state index >= 15 is 0 Å². The summed E-state index contributed by atoms with van der Waals surface area (Å²) in [7, 11) is 0. The molecule has 0 saturated carbocycles. The van der Waals surface area contributed by atoms with E-state index in [1.807, 2.05) is 0 Å². The van der Waals surface area contributed by atoms with Gasteiger partial charge in [0.15, 0.2) is 0 Å². The lowest BCUT2D eigenvalue weighted by atomic mass is 10.0. The molecule has 16 heavy (non-hydrogen) atoms. The average Bonchev–Trinajstić information content (AvgIpc) is 2.25. The van der Waals surface area contributed by atoms with E-state index in [0.717, 1.165) is 18.7 Å². The van der Waals surface area contributed by atoms with Crippen molar-refractivity contribution in [3.05, 3.63) is 29.6 Å². The Hall–Kier alpha value is -1.09. The molecule has 0 spiro atoms. The Bertz CT molecular complexity index is 365. The number of likely N-dealkylation sites (tertiary alicyclic amines) is 1. The molecule has 3 heteroatoms. The highest BCUT2D eigenvalue weighted by Crippen LogP contribution is 2.22. The molecule has 1 aliphatic heterocycles. The van der Waals surface area contributed by atoms with E-state index in [1.165, 1.54) is 31.4 Å². The minimum Gasteiger partial charge on any atom is -0.398 e. The quantitative estimate of drug-likeness (QED) is 0.780. The number of piperidine rings is 1. The predicted molar refractivity (Wildman–Crippen MR) is 64.5 cm³/mol. The Morgan fingerprint density at radius 3 is 2.94 bits per heavy atom. The maximum Gasteiger partial charge on any atom is 0.125 e.